The molecule has 0 aliphatic heterocycles. The Morgan fingerprint density at radius 3 is 0.900 bits per heavy atom. The summed E-state index contributed by atoms with van der Waals surface area (Å²) in [7, 11) is 0. The molecule has 0 aliphatic rings. The maximum atomic E-state index is 7.89. The predicted octanol–water partition coefficient (Wildman–Crippen LogP) is 2.33. The van der Waals surface area contributed by atoms with Gasteiger partial charge in [-0.2, -0.15) is 10.5 Å². The van der Waals surface area contributed by atoms with E-state index in [2.05, 4.69) is 0 Å². The molecule has 0 aromatic carbocycles. The molecule has 0 heterocycles. The molecule has 0 spiro atoms. The minimum Gasteiger partial charge on any atom is -0.198 e. The maximum Gasteiger partial charge on any atom is 0.0649 e. The van der Waals surface area contributed by atoms with Crippen molar-refractivity contribution in [3.8, 4) is 12.1 Å². The molecule has 0 aromatic heterocycles. The van der Waals surface area contributed by atoms with E-state index in [1.54, 1.807) is 0 Å². The van der Waals surface area contributed by atoms with E-state index in [0.29, 0.717) is 0 Å². The number of hydrogen-bond acceptors (Lipinski definition) is 2. The molecule has 2 heteroatoms. The summed E-state index contributed by atoms with van der Waals surface area (Å²) in [6.45, 7) is 7.44. The van der Waals surface area contributed by atoms with Gasteiger partial charge in [0.05, 0.1) is 12.1 Å². The summed E-state index contributed by atoms with van der Waals surface area (Å²) in [4.78, 5) is 0. The standard InChI is InChI=1S/2C4H7N/c2*1-4(2)3-5/h2*4H,1-2H3. The Kier molecular flexibility index (Phi) is 9.37. The molecule has 0 bridgehead atoms. The molecule has 0 saturated carbocycles. The van der Waals surface area contributed by atoms with E-state index in [1.807, 2.05) is 39.8 Å². The molecule has 0 aromatic rings. The minimum absolute atomic E-state index is 0.190. The van der Waals surface area contributed by atoms with Crippen LogP contribution in [0.1, 0.15) is 27.7 Å². The Balaban J connectivity index is 0. The third kappa shape index (κ3) is 28.1. The van der Waals surface area contributed by atoms with Crippen molar-refractivity contribution in [2.75, 3.05) is 0 Å². The summed E-state index contributed by atoms with van der Waals surface area (Å²) in [6, 6.07) is 4.06. The summed E-state index contributed by atoms with van der Waals surface area (Å²) < 4.78 is 0. The second-order valence-corrected chi connectivity index (χ2v) is 2.57. The molecule has 10 heavy (non-hydrogen) atoms. The van der Waals surface area contributed by atoms with Crippen molar-refractivity contribution in [2.24, 2.45) is 11.8 Å². The van der Waals surface area contributed by atoms with Gasteiger partial charge in [0.1, 0.15) is 0 Å². The second-order valence-electron chi connectivity index (χ2n) is 2.57. The van der Waals surface area contributed by atoms with Gasteiger partial charge in [0.15, 0.2) is 0 Å². The van der Waals surface area contributed by atoms with Crippen molar-refractivity contribution in [1.29, 1.82) is 10.5 Å². The van der Waals surface area contributed by atoms with Crippen LogP contribution in [-0.4, -0.2) is 0 Å². The fourth-order valence-corrected chi connectivity index (χ4v) is 0. The number of hydrogen-bond donors (Lipinski definition) is 0. The van der Waals surface area contributed by atoms with Crippen LogP contribution in [0.25, 0.3) is 0 Å². The number of rotatable bonds is 0. The van der Waals surface area contributed by atoms with E-state index < -0.39 is 0 Å². The topological polar surface area (TPSA) is 47.6 Å². The first kappa shape index (κ1) is 11.7. The van der Waals surface area contributed by atoms with Crippen LogP contribution >= 0.6 is 0 Å². The third-order valence-corrected chi connectivity index (χ3v) is 0.516. The molecular formula is C8H14N2. The highest BCUT2D eigenvalue weighted by Gasteiger charge is 1.79. The van der Waals surface area contributed by atoms with Gasteiger partial charge in [0, 0.05) is 11.8 Å². The quantitative estimate of drug-likeness (QED) is 0.515. The van der Waals surface area contributed by atoms with Gasteiger partial charge in [0.2, 0.25) is 0 Å². The van der Waals surface area contributed by atoms with Crippen LogP contribution in [0.2, 0.25) is 0 Å². The van der Waals surface area contributed by atoms with Gasteiger partial charge in [0.25, 0.3) is 0 Å². The Hall–Kier alpha value is -1.02. The average Bonchev–Trinajstić information content (AvgIpc) is 1.89. The molecule has 0 radical (unpaired) electrons. The second kappa shape index (κ2) is 7.98. The Morgan fingerprint density at radius 1 is 0.800 bits per heavy atom. The summed E-state index contributed by atoms with van der Waals surface area (Å²) >= 11 is 0. The van der Waals surface area contributed by atoms with Gasteiger partial charge < -0.3 is 0 Å². The van der Waals surface area contributed by atoms with Gasteiger partial charge >= 0.3 is 0 Å². The number of nitriles is 2. The van der Waals surface area contributed by atoms with Gasteiger partial charge in [-0.25, -0.2) is 0 Å². The smallest absolute Gasteiger partial charge is 0.0649 e. The molecule has 0 saturated heterocycles. The Labute approximate surface area is 63.1 Å². The highest BCUT2D eigenvalue weighted by atomic mass is 14.2. The SMILES string of the molecule is CC(C)C#N.CC(C)C#N. The molecule has 2 nitrogen and oxygen atoms in total. The lowest BCUT2D eigenvalue weighted by atomic mass is 10.3. The summed E-state index contributed by atoms with van der Waals surface area (Å²) in [6.07, 6.45) is 0. The zero-order valence-electron chi connectivity index (χ0n) is 7.05. The lowest BCUT2D eigenvalue weighted by molar-refractivity contribution is 0.849. The molecular weight excluding hydrogens is 124 g/mol. The zero-order valence-corrected chi connectivity index (χ0v) is 7.05. The van der Waals surface area contributed by atoms with Gasteiger partial charge in [-0.1, -0.05) is 0 Å². The fraction of sp³-hybridized carbons (Fsp3) is 0.750. The summed E-state index contributed by atoms with van der Waals surface area (Å²) in [5.41, 5.74) is 0. The van der Waals surface area contributed by atoms with Crippen LogP contribution in [0.5, 0.6) is 0 Å². The van der Waals surface area contributed by atoms with Crippen molar-refractivity contribution < 1.29 is 0 Å². The average molecular weight is 138 g/mol. The van der Waals surface area contributed by atoms with Gasteiger partial charge in [-0.3, -0.25) is 0 Å². The van der Waals surface area contributed by atoms with Crippen molar-refractivity contribution in [3.05, 3.63) is 0 Å². The van der Waals surface area contributed by atoms with Crippen LogP contribution < -0.4 is 0 Å². The number of nitrogens with zero attached hydrogens (tertiary/aromatic N) is 2. The normalized spacial score (nSPS) is 7.60. The fourth-order valence-electron chi connectivity index (χ4n) is 0. The molecule has 56 valence electrons. The van der Waals surface area contributed by atoms with Crippen LogP contribution in [0.4, 0.5) is 0 Å². The van der Waals surface area contributed by atoms with E-state index in [0.717, 1.165) is 0 Å². The molecule has 0 atom stereocenters. The lowest BCUT2D eigenvalue weighted by Gasteiger charge is -1.75. The molecule has 0 N–H and O–H groups in total. The van der Waals surface area contributed by atoms with Crippen LogP contribution in [0.15, 0.2) is 0 Å². The van der Waals surface area contributed by atoms with Crippen LogP contribution in [0.3, 0.4) is 0 Å². The van der Waals surface area contributed by atoms with Crippen molar-refractivity contribution in [1.82, 2.24) is 0 Å². The van der Waals surface area contributed by atoms with Crippen LogP contribution in [-0.2, 0) is 0 Å². The van der Waals surface area contributed by atoms with Gasteiger partial charge in [-0.05, 0) is 27.7 Å². The molecule has 0 unspecified atom stereocenters. The van der Waals surface area contributed by atoms with E-state index in [9.17, 15) is 0 Å². The highest BCUT2D eigenvalue weighted by molar-refractivity contribution is 4.73. The molecule has 0 rings (SSSR count). The van der Waals surface area contributed by atoms with Crippen LogP contribution in [0, 0.1) is 34.5 Å². The van der Waals surface area contributed by atoms with Crippen molar-refractivity contribution >= 4 is 0 Å². The first-order valence-electron chi connectivity index (χ1n) is 3.33. The summed E-state index contributed by atoms with van der Waals surface area (Å²) in [5, 5.41) is 15.8. The Bertz CT molecular complexity index is 116. The minimum atomic E-state index is 0.190. The van der Waals surface area contributed by atoms with E-state index in [-0.39, 0.29) is 11.8 Å². The van der Waals surface area contributed by atoms with E-state index >= 15 is 0 Å². The van der Waals surface area contributed by atoms with E-state index in [4.69, 9.17) is 10.5 Å². The largest absolute Gasteiger partial charge is 0.198 e. The zero-order chi connectivity index (χ0) is 8.57. The highest BCUT2D eigenvalue weighted by Crippen LogP contribution is 1.82. The predicted molar refractivity (Wildman–Crippen MR) is 40.9 cm³/mol. The molecule has 0 fully saturated rings. The molecule has 0 aliphatic carbocycles. The maximum absolute atomic E-state index is 7.89. The molecule has 0 amide bonds. The van der Waals surface area contributed by atoms with E-state index in [1.165, 1.54) is 0 Å². The van der Waals surface area contributed by atoms with Gasteiger partial charge in [-0.15, -0.1) is 0 Å². The first-order chi connectivity index (χ1) is 4.54. The first-order valence-corrected chi connectivity index (χ1v) is 3.33. The third-order valence-electron chi connectivity index (χ3n) is 0.516. The monoisotopic (exact) mass is 138 g/mol. The Morgan fingerprint density at radius 2 is 0.900 bits per heavy atom. The van der Waals surface area contributed by atoms with Crippen molar-refractivity contribution in [2.45, 2.75) is 27.7 Å². The van der Waals surface area contributed by atoms with Crippen molar-refractivity contribution in [3.63, 3.8) is 0 Å². The summed E-state index contributed by atoms with van der Waals surface area (Å²) in [5.74, 6) is 0.380. The lowest BCUT2D eigenvalue weighted by Crippen LogP contribution is -1.72.